The van der Waals surface area contributed by atoms with Crippen LogP contribution in [0.4, 0.5) is 15.8 Å². The predicted molar refractivity (Wildman–Crippen MR) is 101 cm³/mol. The van der Waals surface area contributed by atoms with E-state index in [1.807, 2.05) is 18.4 Å². The van der Waals surface area contributed by atoms with Crippen LogP contribution in [-0.2, 0) is 10.0 Å². The third-order valence-electron chi connectivity index (χ3n) is 3.61. The summed E-state index contributed by atoms with van der Waals surface area (Å²) in [7, 11) is -3.92. The minimum atomic E-state index is -3.92. The van der Waals surface area contributed by atoms with Crippen LogP contribution in [0.2, 0.25) is 0 Å². The lowest BCUT2D eigenvalue weighted by atomic mass is 10.2. The van der Waals surface area contributed by atoms with Crippen LogP contribution in [0, 0.1) is 12.7 Å². The molecule has 0 spiro atoms. The quantitative estimate of drug-likeness (QED) is 0.684. The molecule has 134 valence electrons. The van der Waals surface area contributed by atoms with Gasteiger partial charge in [-0.05, 0) is 60.3 Å². The summed E-state index contributed by atoms with van der Waals surface area (Å²) in [5.74, 6) is -0.839. The molecule has 26 heavy (non-hydrogen) atoms. The number of rotatable bonds is 5. The molecule has 0 fully saturated rings. The number of anilines is 2. The van der Waals surface area contributed by atoms with Crippen LogP contribution < -0.4 is 10.0 Å². The van der Waals surface area contributed by atoms with E-state index in [1.165, 1.54) is 29.5 Å². The summed E-state index contributed by atoms with van der Waals surface area (Å²) in [6.07, 6.45) is 0. The van der Waals surface area contributed by atoms with Crippen LogP contribution in [0.15, 0.2) is 64.9 Å². The second-order valence-electron chi connectivity index (χ2n) is 5.49. The molecule has 2 aromatic carbocycles. The van der Waals surface area contributed by atoms with Gasteiger partial charge in [0.25, 0.3) is 15.9 Å². The van der Waals surface area contributed by atoms with Crippen LogP contribution in [0.1, 0.15) is 15.2 Å². The van der Waals surface area contributed by atoms with E-state index in [0.29, 0.717) is 10.6 Å². The van der Waals surface area contributed by atoms with E-state index in [2.05, 4.69) is 10.0 Å². The first-order valence-corrected chi connectivity index (χ1v) is 9.96. The van der Waals surface area contributed by atoms with Gasteiger partial charge in [0.15, 0.2) is 0 Å². The summed E-state index contributed by atoms with van der Waals surface area (Å²) in [5, 5.41) is 4.53. The highest BCUT2D eigenvalue weighted by molar-refractivity contribution is 7.92. The lowest BCUT2D eigenvalue weighted by Crippen LogP contribution is -2.17. The molecular weight excluding hydrogens is 375 g/mol. The average Bonchev–Trinajstić information content (AvgIpc) is 3.03. The highest BCUT2D eigenvalue weighted by Crippen LogP contribution is 2.26. The third kappa shape index (κ3) is 3.92. The molecule has 0 unspecified atom stereocenters. The van der Waals surface area contributed by atoms with Crippen molar-refractivity contribution in [3.05, 3.63) is 76.2 Å². The Kier molecular flexibility index (Phi) is 5.06. The van der Waals surface area contributed by atoms with Crippen molar-refractivity contribution in [1.29, 1.82) is 0 Å². The first-order valence-electron chi connectivity index (χ1n) is 7.60. The lowest BCUT2D eigenvalue weighted by Gasteiger charge is -2.13. The Balaban J connectivity index is 1.86. The zero-order valence-electron chi connectivity index (χ0n) is 13.7. The number of sulfonamides is 1. The molecule has 1 aromatic heterocycles. The average molecular weight is 390 g/mol. The van der Waals surface area contributed by atoms with Crippen molar-refractivity contribution < 1.29 is 17.6 Å². The van der Waals surface area contributed by atoms with Gasteiger partial charge in [0, 0.05) is 0 Å². The van der Waals surface area contributed by atoms with E-state index in [-0.39, 0.29) is 16.5 Å². The van der Waals surface area contributed by atoms with Gasteiger partial charge in [-0.3, -0.25) is 9.52 Å². The topological polar surface area (TPSA) is 75.3 Å². The third-order valence-corrected chi connectivity index (χ3v) is 6.01. The molecule has 8 heteroatoms. The van der Waals surface area contributed by atoms with Gasteiger partial charge < -0.3 is 5.32 Å². The van der Waals surface area contributed by atoms with E-state index < -0.39 is 15.8 Å². The Hall–Kier alpha value is -2.71. The molecule has 3 rings (SSSR count). The summed E-state index contributed by atoms with van der Waals surface area (Å²) in [4.78, 5) is 12.9. The van der Waals surface area contributed by atoms with Gasteiger partial charge in [0.05, 0.1) is 21.1 Å². The summed E-state index contributed by atoms with van der Waals surface area (Å²) in [6, 6.07) is 12.8. The van der Waals surface area contributed by atoms with E-state index in [0.717, 1.165) is 17.7 Å². The molecule has 2 N–H and O–H groups in total. The molecule has 5 nitrogen and oxygen atoms in total. The summed E-state index contributed by atoms with van der Waals surface area (Å²) in [5.41, 5.74) is 1.40. The highest BCUT2D eigenvalue weighted by atomic mass is 32.2. The summed E-state index contributed by atoms with van der Waals surface area (Å²) < 4.78 is 40.4. The largest absolute Gasteiger partial charge is 0.319 e. The molecule has 0 aliphatic rings. The zero-order valence-corrected chi connectivity index (χ0v) is 15.3. The molecule has 1 amide bonds. The number of benzene rings is 2. The number of para-hydroxylation sites is 2. The summed E-state index contributed by atoms with van der Waals surface area (Å²) >= 11 is 1.31. The van der Waals surface area contributed by atoms with Crippen molar-refractivity contribution in [2.24, 2.45) is 0 Å². The van der Waals surface area contributed by atoms with E-state index in [1.54, 1.807) is 18.2 Å². The Morgan fingerprint density at radius 3 is 2.27 bits per heavy atom. The first-order chi connectivity index (χ1) is 12.4. The number of carbonyl (C=O) groups excluding carboxylic acids is 1. The number of carbonyl (C=O) groups is 1. The van der Waals surface area contributed by atoms with Gasteiger partial charge in [-0.2, -0.15) is 0 Å². The van der Waals surface area contributed by atoms with Crippen molar-refractivity contribution >= 4 is 38.6 Å². The van der Waals surface area contributed by atoms with E-state index in [4.69, 9.17) is 0 Å². The Bertz CT molecular complexity index is 1040. The molecule has 0 saturated carbocycles. The molecule has 0 saturated heterocycles. The standard InChI is InChI=1S/C18H15FN2O3S2/c1-12-10-11-25-17(12)18(22)20-15-4-2-3-5-16(15)21-26(23,24)14-8-6-13(19)7-9-14/h2-11,21H,1H3,(H,20,22). The maximum absolute atomic E-state index is 13.0. The number of thiophene rings is 1. The number of halogens is 1. The van der Waals surface area contributed by atoms with Crippen LogP contribution in [0.3, 0.4) is 0 Å². The second-order valence-corrected chi connectivity index (χ2v) is 8.09. The molecule has 0 radical (unpaired) electrons. The fourth-order valence-corrected chi connectivity index (χ4v) is 4.18. The van der Waals surface area contributed by atoms with Crippen LogP contribution in [0.25, 0.3) is 0 Å². The minimum absolute atomic E-state index is 0.0749. The minimum Gasteiger partial charge on any atom is -0.319 e. The van der Waals surface area contributed by atoms with Gasteiger partial charge in [-0.1, -0.05) is 12.1 Å². The molecular formula is C18H15FN2O3S2. The number of amides is 1. The van der Waals surface area contributed by atoms with Crippen LogP contribution in [-0.4, -0.2) is 14.3 Å². The molecule has 0 bridgehead atoms. The van der Waals surface area contributed by atoms with Gasteiger partial charge >= 0.3 is 0 Å². The van der Waals surface area contributed by atoms with Crippen molar-refractivity contribution in [3.63, 3.8) is 0 Å². The Labute approximate surface area is 154 Å². The number of hydrogen-bond donors (Lipinski definition) is 2. The molecule has 0 aliphatic heterocycles. The fourth-order valence-electron chi connectivity index (χ4n) is 2.28. The second kappa shape index (κ2) is 7.27. The maximum Gasteiger partial charge on any atom is 0.266 e. The van der Waals surface area contributed by atoms with E-state index >= 15 is 0 Å². The van der Waals surface area contributed by atoms with E-state index in [9.17, 15) is 17.6 Å². The summed E-state index contributed by atoms with van der Waals surface area (Å²) in [6.45, 7) is 1.83. The lowest BCUT2D eigenvalue weighted by molar-refractivity contribution is 0.103. The van der Waals surface area contributed by atoms with Crippen LogP contribution >= 0.6 is 11.3 Å². The smallest absolute Gasteiger partial charge is 0.266 e. The molecule has 0 aliphatic carbocycles. The van der Waals surface area contributed by atoms with Crippen molar-refractivity contribution in [2.75, 3.05) is 10.0 Å². The number of nitrogens with one attached hydrogen (secondary N) is 2. The molecule has 0 atom stereocenters. The monoisotopic (exact) mass is 390 g/mol. The highest BCUT2D eigenvalue weighted by Gasteiger charge is 2.18. The molecule has 1 heterocycles. The van der Waals surface area contributed by atoms with Crippen molar-refractivity contribution in [3.8, 4) is 0 Å². The first kappa shape index (κ1) is 18.1. The fraction of sp³-hybridized carbons (Fsp3) is 0.0556. The van der Waals surface area contributed by atoms with Gasteiger partial charge in [-0.25, -0.2) is 12.8 Å². The zero-order chi connectivity index (χ0) is 18.7. The van der Waals surface area contributed by atoms with Gasteiger partial charge in [-0.15, -0.1) is 11.3 Å². The predicted octanol–water partition coefficient (Wildman–Crippen LogP) is 4.25. The van der Waals surface area contributed by atoms with Gasteiger partial charge in [0.1, 0.15) is 5.82 Å². The van der Waals surface area contributed by atoms with Crippen molar-refractivity contribution in [2.45, 2.75) is 11.8 Å². The van der Waals surface area contributed by atoms with Gasteiger partial charge in [0.2, 0.25) is 0 Å². The van der Waals surface area contributed by atoms with Crippen molar-refractivity contribution in [1.82, 2.24) is 0 Å². The molecule has 3 aromatic rings. The van der Waals surface area contributed by atoms with Crippen LogP contribution in [0.5, 0.6) is 0 Å². The number of hydrogen-bond acceptors (Lipinski definition) is 4. The maximum atomic E-state index is 13.0. The Morgan fingerprint density at radius 2 is 1.65 bits per heavy atom. The SMILES string of the molecule is Cc1ccsc1C(=O)Nc1ccccc1NS(=O)(=O)c1ccc(F)cc1. The Morgan fingerprint density at radius 1 is 1.00 bits per heavy atom. The number of aryl methyl sites for hydroxylation is 1. The normalized spacial score (nSPS) is 11.2.